The maximum absolute atomic E-state index is 13.9. The van der Waals surface area contributed by atoms with Gasteiger partial charge < -0.3 is 16.4 Å². The van der Waals surface area contributed by atoms with Gasteiger partial charge in [0.25, 0.3) is 0 Å². The van der Waals surface area contributed by atoms with Crippen LogP contribution in [0.5, 0.6) is 0 Å². The second kappa shape index (κ2) is 9.50. The number of likely N-dealkylation sites (tertiary alicyclic amines) is 1. The molecular formula is C18H27FIN5O. The second-order valence-electron chi connectivity index (χ2n) is 6.85. The van der Waals surface area contributed by atoms with Crippen LogP contribution in [0, 0.1) is 5.82 Å². The van der Waals surface area contributed by atoms with Crippen LogP contribution in [-0.4, -0.2) is 55.5 Å². The Labute approximate surface area is 170 Å². The number of nitrogens with one attached hydrogen (secondary N) is 2. The van der Waals surface area contributed by atoms with Crippen LogP contribution in [0.3, 0.4) is 0 Å². The van der Waals surface area contributed by atoms with Crippen LogP contribution in [0.1, 0.15) is 30.7 Å². The van der Waals surface area contributed by atoms with E-state index in [4.69, 9.17) is 5.73 Å². The van der Waals surface area contributed by atoms with E-state index in [9.17, 15) is 9.18 Å². The van der Waals surface area contributed by atoms with Crippen molar-refractivity contribution in [1.82, 2.24) is 15.5 Å². The molecule has 2 atom stereocenters. The van der Waals surface area contributed by atoms with Gasteiger partial charge in [0.1, 0.15) is 5.82 Å². The minimum atomic E-state index is -0.281. The maximum Gasteiger partial charge on any atom is 0.231 e. The molecule has 1 heterocycles. The Hall–Kier alpha value is -1.42. The molecule has 1 saturated carbocycles. The molecule has 6 nitrogen and oxygen atoms in total. The number of benzene rings is 1. The minimum absolute atomic E-state index is 0. The third-order valence-electron chi connectivity index (χ3n) is 4.95. The Morgan fingerprint density at radius 3 is 2.62 bits per heavy atom. The van der Waals surface area contributed by atoms with Crippen LogP contribution in [0.25, 0.3) is 0 Å². The lowest BCUT2D eigenvalue weighted by molar-refractivity contribution is -0.119. The molecule has 26 heavy (non-hydrogen) atoms. The van der Waals surface area contributed by atoms with Crippen molar-refractivity contribution < 1.29 is 9.18 Å². The third kappa shape index (κ3) is 5.54. The summed E-state index contributed by atoms with van der Waals surface area (Å²) in [5, 5.41) is 6.83. The summed E-state index contributed by atoms with van der Waals surface area (Å²) in [5.41, 5.74) is 6.01. The first-order valence-corrected chi connectivity index (χ1v) is 8.81. The Kier molecular flexibility index (Phi) is 7.63. The smallest absolute Gasteiger partial charge is 0.231 e. The van der Waals surface area contributed by atoms with Gasteiger partial charge >= 0.3 is 0 Å². The molecule has 2 unspecified atom stereocenters. The molecule has 0 aromatic heterocycles. The van der Waals surface area contributed by atoms with Gasteiger partial charge in [0, 0.05) is 38.1 Å². The average Bonchev–Trinajstić information content (AvgIpc) is 3.35. The van der Waals surface area contributed by atoms with Crippen LogP contribution >= 0.6 is 24.0 Å². The number of primary amides is 1. The number of guanidine groups is 1. The summed E-state index contributed by atoms with van der Waals surface area (Å²) in [6.45, 7) is 2.02. The molecule has 0 radical (unpaired) electrons. The van der Waals surface area contributed by atoms with Crippen molar-refractivity contribution in [3.63, 3.8) is 0 Å². The van der Waals surface area contributed by atoms with Gasteiger partial charge in [-0.1, -0.05) is 18.2 Å². The van der Waals surface area contributed by atoms with Crippen molar-refractivity contribution in [1.29, 1.82) is 0 Å². The summed E-state index contributed by atoms with van der Waals surface area (Å²) < 4.78 is 13.9. The summed E-state index contributed by atoms with van der Waals surface area (Å²) >= 11 is 0. The molecule has 0 bridgehead atoms. The standard InChI is InChI=1S/C18H26FN5O.HI/c1-21-18(22-12-6-8-24(9-7-12)11-17(20)25)23-16-10-14(16)13-4-2-3-5-15(13)19;/h2-5,12,14,16H,6-11H2,1H3,(H2,20,25)(H2,21,22,23);1H. The molecule has 3 rings (SSSR count). The first-order chi connectivity index (χ1) is 12.1. The molecule has 1 aliphatic carbocycles. The first kappa shape index (κ1) is 20.9. The summed E-state index contributed by atoms with van der Waals surface area (Å²) in [5.74, 6) is 0.549. The number of hydrogen-bond donors (Lipinski definition) is 3. The van der Waals surface area contributed by atoms with Gasteiger partial charge in [-0.3, -0.25) is 14.7 Å². The lowest BCUT2D eigenvalue weighted by atomic mass is 10.1. The van der Waals surface area contributed by atoms with E-state index in [-0.39, 0.29) is 47.7 Å². The summed E-state index contributed by atoms with van der Waals surface area (Å²) in [7, 11) is 1.75. The highest BCUT2D eigenvalue weighted by Gasteiger charge is 2.40. The normalized spacial score (nSPS) is 23.8. The van der Waals surface area contributed by atoms with E-state index < -0.39 is 0 Å². The average molecular weight is 475 g/mol. The number of carbonyl (C=O) groups excluding carboxylic acids is 1. The SMILES string of the molecule is CN=C(NC1CCN(CC(N)=O)CC1)NC1CC1c1ccccc1F.I. The van der Waals surface area contributed by atoms with Crippen LogP contribution in [0.4, 0.5) is 4.39 Å². The molecule has 4 N–H and O–H groups in total. The van der Waals surface area contributed by atoms with Crippen LogP contribution in [0.15, 0.2) is 29.3 Å². The number of nitrogens with zero attached hydrogens (tertiary/aromatic N) is 2. The number of carbonyl (C=O) groups is 1. The Balaban J connectivity index is 0.00000243. The zero-order valence-electron chi connectivity index (χ0n) is 15.0. The van der Waals surface area contributed by atoms with E-state index in [1.165, 1.54) is 6.07 Å². The molecule has 1 saturated heterocycles. The highest BCUT2D eigenvalue weighted by Crippen LogP contribution is 2.41. The number of hydrogen-bond acceptors (Lipinski definition) is 3. The number of nitrogens with two attached hydrogens (primary N) is 1. The predicted octanol–water partition coefficient (Wildman–Crippen LogP) is 1.41. The van der Waals surface area contributed by atoms with E-state index in [0.717, 1.165) is 43.9 Å². The van der Waals surface area contributed by atoms with Gasteiger partial charge in [0.2, 0.25) is 5.91 Å². The highest BCUT2D eigenvalue weighted by atomic mass is 127. The van der Waals surface area contributed by atoms with Crippen molar-refractivity contribution in [3.8, 4) is 0 Å². The van der Waals surface area contributed by atoms with Gasteiger partial charge in [-0.25, -0.2) is 4.39 Å². The first-order valence-electron chi connectivity index (χ1n) is 8.81. The Bertz CT molecular complexity index is 648. The highest BCUT2D eigenvalue weighted by molar-refractivity contribution is 14.0. The van der Waals surface area contributed by atoms with E-state index in [2.05, 4.69) is 20.5 Å². The van der Waals surface area contributed by atoms with Crippen LogP contribution in [0.2, 0.25) is 0 Å². The summed E-state index contributed by atoms with van der Waals surface area (Å²) in [4.78, 5) is 17.4. The largest absolute Gasteiger partial charge is 0.369 e. The van der Waals surface area contributed by atoms with E-state index in [0.29, 0.717) is 12.6 Å². The number of amides is 1. The third-order valence-corrected chi connectivity index (χ3v) is 4.95. The lowest BCUT2D eigenvalue weighted by Gasteiger charge is -2.32. The van der Waals surface area contributed by atoms with Crippen molar-refractivity contribution >= 4 is 35.8 Å². The number of piperidine rings is 1. The maximum atomic E-state index is 13.9. The molecule has 0 spiro atoms. The predicted molar refractivity (Wildman–Crippen MR) is 111 cm³/mol. The quantitative estimate of drug-likeness (QED) is 0.342. The number of halogens is 2. The number of aliphatic imine (C=N–C) groups is 1. The van der Waals surface area contributed by atoms with Gasteiger partial charge in [-0.2, -0.15) is 0 Å². The topological polar surface area (TPSA) is 82.8 Å². The van der Waals surface area contributed by atoms with Crippen molar-refractivity contribution in [2.24, 2.45) is 10.7 Å². The summed E-state index contributed by atoms with van der Waals surface area (Å²) in [6.07, 6.45) is 2.80. The number of rotatable bonds is 5. The van der Waals surface area contributed by atoms with Crippen molar-refractivity contribution in [3.05, 3.63) is 35.6 Å². The molecule has 8 heteroatoms. The fraction of sp³-hybridized carbons (Fsp3) is 0.556. The van der Waals surface area contributed by atoms with Crippen molar-refractivity contribution in [2.75, 3.05) is 26.7 Å². The van der Waals surface area contributed by atoms with E-state index in [1.807, 2.05) is 12.1 Å². The second-order valence-corrected chi connectivity index (χ2v) is 6.85. The van der Waals surface area contributed by atoms with Gasteiger partial charge in [0.05, 0.1) is 6.54 Å². The zero-order valence-corrected chi connectivity index (χ0v) is 17.3. The Morgan fingerprint density at radius 2 is 2.00 bits per heavy atom. The molecule has 2 aliphatic rings. The van der Waals surface area contributed by atoms with Crippen LogP contribution in [-0.2, 0) is 4.79 Å². The Morgan fingerprint density at radius 1 is 1.31 bits per heavy atom. The molecule has 1 aromatic carbocycles. The zero-order chi connectivity index (χ0) is 17.8. The molecular weight excluding hydrogens is 448 g/mol. The lowest BCUT2D eigenvalue weighted by Crippen LogP contribution is -2.50. The van der Waals surface area contributed by atoms with E-state index in [1.54, 1.807) is 13.1 Å². The fourth-order valence-electron chi connectivity index (χ4n) is 3.47. The van der Waals surface area contributed by atoms with Gasteiger partial charge in [0.15, 0.2) is 5.96 Å². The monoisotopic (exact) mass is 475 g/mol. The summed E-state index contributed by atoms with van der Waals surface area (Å²) in [6, 6.07) is 7.50. The molecule has 1 aliphatic heterocycles. The van der Waals surface area contributed by atoms with Gasteiger partial charge in [-0.15, -0.1) is 24.0 Å². The van der Waals surface area contributed by atoms with Crippen LogP contribution < -0.4 is 16.4 Å². The van der Waals surface area contributed by atoms with E-state index >= 15 is 0 Å². The molecule has 2 fully saturated rings. The molecule has 1 aromatic rings. The molecule has 144 valence electrons. The van der Waals surface area contributed by atoms with Crippen molar-refractivity contribution in [2.45, 2.75) is 37.3 Å². The fourth-order valence-corrected chi connectivity index (χ4v) is 3.47. The minimum Gasteiger partial charge on any atom is -0.369 e. The van der Waals surface area contributed by atoms with Gasteiger partial charge in [-0.05, 0) is 30.9 Å². The molecule has 1 amide bonds.